The molecule has 0 aliphatic carbocycles. The normalized spacial score (nSPS) is 22.5. The molecule has 0 amide bonds. The lowest BCUT2D eigenvalue weighted by Gasteiger charge is -2.28. The molecule has 1 N–H and O–H groups in total. The van der Waals surface area contributed by atoms with Gasteiger partial charge in [0.05, 0.1) is 19.3 Å². The van der Waals surface area contributed by atoms with E-state index in [1.165, 1.54) is 5.69 Å². The molecular formula is C16H23N3OS. The number of thioether (sulfide) groups is 1. The van der Waals surface area contributed by atoms with Gasteiger partial charge in [0, 0.05) is 30.2 Å². The Kier molecular flexibility index (Phi) is 4.70. The molecule has 2 aliphatic heterocycles. The molecule has 0 saturated carbocycles. The minimum atomic E-state index is 0.449. The summed E-state index contributed by atoms with van der Waals surface area (Å²) < 4.78 is 5.39. The second-order valence-corrected chi connectivity index (χ2v) is 6.84. The van der Waals surface area contributed by atoms with E-state index in [1.54, 1.807) is 0 Å². The lowest BCUT2D eigenvalue weighted by molar-refractivity contribution is 0.122. The number of rotatable bonds is 3. The monoisotopic (exact) mass is 305 g/mol. The van der Waals surface area contributed by atoms with Crippen LogP contribution in [0, 0.1) is 5.92 Å². The van der Waals surface area contributed by atoms with Crippen LogP contribution in [0.4, 0.5) is 11.4 Å². The Labute approximate surface area is 131 Å². The molecule has 0 spiro atoms. The predicted molar refractivity (Wildman–Crippen MR) is 91.6 cm³/mol. The van der Waals surface area contributed by atoms with Crippen molar-refractivity contribution in [3.63, 3.8) is 0 Å². The van der Waals surface area contributed by atoms with Gasteiger partial charge >= 0.3 is 0 Å². The highest BCUT2D eigenvalue weighted by Gasteiger charge is 2.21. The minimum absolute atomic E-state index is 0.449. The first kappa shape index (κ1) is 14.7. The third kappa shape index (κ3) is 3.71. The highest BCUT2D eigenvalue weighted by molar-refractivity contribution is 8.14. The molecule has 1 aromatic rings. The molecule has 21 heavy (non-hydrogen) atoms. The minimum Gasteiger partial charge on any atom is -0.378 e. The Morgan fingerprint density at radius 3 is 2.57 bits per heavy atom. The lowest BCUT2D eigenvalue weighted by Crippen LogP contribution is -2.36. The van der Waals surface area contributed by atoms with Crippen molar-refractivity contribution in [2.45, 2.75) is 19.9 Å². The summed E-state index contributed by atoms with van der Waals surface area (Å²) in [5, 5.41) is 4.47. The molecule has 0 aromatic heterocycles. The summed E-state index contributed by atoms with van der Waals surface area (Å²) in [6, 6.07) is 9.07. The Hall–Kier alpha value is -1.20. The molecule has 2 aliphatic rings. The Balaban J connectivity index is 1.61. The lowest BCUT2D eigenvalue weighted by atomic mass is 10.1. The standard InChI is InChI=1S/C16H23N3OS/c1-12(2)15-11-21-16(18-15)17-13-3-5-14(6-4-13)19-7-9-20-10-8-19/h3-6,12,15H,7-11H2,1-2H3,(H,17,18). The number of anilines is 2. The first-order valence-electron chi connectivity index (χ1n) is 7.63. The van der Waals surface area contributed by atoms with Crippen molar-refractivity contribution in [2.24, 2.45) is 10.9 Å². The van der Waals surface area contributed by atoms with Crippen molar-refractivity contribution >= 4 is 28.3 Å². The molecule has 1 aromatic carbocycles. The van der Waals surface area contributed by atoms with Gasteiger partial charge in [-0.3, -0.25) is 4.99 Å². The summed E-state index contributed by atoms with van der Waals surface area (Å²) in [6.07, 6.45) is 0. The fourth-order valence-electron chi connectivity index (χ4n) is 2.50. The third-order valence-corrected chi connectivity index (χ3v) is 4.93. The maximum atomic E-state index is 5.39. The molecule has 1 atom stereocenters. The summed E-state index contributed by atoms with van der Waals surface area (Å²) in [4.78, 5) is 7.10. The van der Waals surface area contributed by atoms with Crippen LogP contribution in [-0.4, -0.2) is 43.3 Å². The first-order chi connectivity index (χ1) is 10.2. The number of ether oxygens (including phenoxy) is 1. The maximum absolute atomic E-state index is 5.39. The molecule has 1 fully saturated rings. The Morgan fingerprint density at radius 1 is 1.24 bits per heavy atom. The summed E-state index contributed by atoms with van der Waals surface area (Å²) in [6.45, 7) is 8.06. The Morgan fingerprint density at radius 2 is 1.95 bits per heavy atom. The van der Waals surface area contributed by atoms with Gasteiger partial charge in [0.15, 0.2) is 5.17 Å². The molecular weight excluding hydrogens is 282 g/mol. The fraction of sp³-hybridized carbons (Fsp3) is 0.562. The van der Waals surface area contributed by atoms with Gasteiger partial charge in [-0.25, -0.2) is 0 Å². The molecule has 1 unspecified atom stereocenters. The van der Waals surface area contributed by atoms with E-state index in [0.717, 1.165) is 42.9 Å². The topological polar surface area (TPSA) is 36.9 Å². The van der Waals surface area contributed by atoms with Crippen LogP contribution in [0.15, 0.2) is 29.3 Å². The van der Waals surface area contributed by atoms with Crippen LogP contribution < -0.4 is 10.2 Å². The van der Waals surface area contributed by atoms with Crippen LogP contribution >= 0.6 is 11.8 Å². The van der Waals surface area contributed by atoms with Gasteiger partial charge in [-0.15, -0.1) is 0 Å². The number of aliphatic imine (C=N–C) groups is 1. The average molecular weight is 305 g/mol. The number of nitrogens with zero attached hydrogens (tertiary/aromatic N) is 2. The third-order valence-electron chi connectivity index (χ3n) is 3.94. The van der Waals surface area contributed by atoms with E-state index in [9.17, 15) is 0 Å². The van der Waals surface area contributed by atoms with Gasteiger partial charge in [-0.1, -0.05) is 25.6 Å². The van der Waals surface area contributed by atoms with Crippen LogP contribution in [0.5, 0.6) is 0 Å². The van der Waals surface area contributed by atoms with Crippen molar-refractivity contribution in [3.05, 3.63) is 24.3 Å². The zero-order chi connectivity index (χ0) is 14.7. The number of benzene rings is 1. The highest BCUT2D eigenvalue weighted by Crippen LogP contribution is 2.25. The molecule has 3 rings (SSSR count). The zero-order valence-corrected chi connectivity index (χ0v) is 13.5. The van der Waals surface area contributed by atoms with E-state index in [2.05, 4.69) is 48.3 Å². The summed E-state index contributed by atoms with van der Waals surface area (Å²) in [7, 11) is 0. The Bertz CT molecular complexity index is 495. The van der Waals surface area contributed by atoms with Gasteiger partial charge in [-0.05, 0) is 30.2 Å². The van der Waals surface area contributed by atoms with Crippen molar-refractivity contribution in [1.29, 1.82) is 0 Å². The number of nitrogens with one attached hydrogen (secondary N) is 1. The van der Waals surface area contributed by atoms with Crippen LogP contribution in [0.1, 0.15) is 13.8 Å². The summed E-state index contributed by atoms with van der Waals surface area (Å²) >= 11 is 1.82. The SMILES string of the molecule is CC(C)C1CSC(Nc2ccc(N3CCOCC3)cc2)=N1. The quantitative estimate of drug-likeness (QED) is 0.931. The number of hydrogen-bond acceptors (Lipinski definition) is 5. The average Bonchev–Trinajstić information content (AvgIpc) is 2.98. The van der Waals surface area contributed by atoms with Crippen molar-refractivity contribution in [1.82, 2.24) is 0 Å². The first-order valence-corrected chi connectivity index (χ1v) is 8.61. The van der Waals surface area contributed by atoms with Crippen LogP contribution in [-0.2, 0) is 4.74 Å². The highest BCUT2D eigenvalue weighted by atomic mass is 32.2. The molecule has 2 heterocycles. The van der Waals surface area contributed by atoms with Crippen molar-refractivity contribution < 1.29 is 4.74 Å². The van der Waals surface area contributed by atoms with Crippen LogP contribution in [0.3, 0.4) is 0 Å². The van der Waals surface area contributed by atoms with E-state index in [4.69, 9.17) is 9.73 Å². The van der Waals surface area contributed by atoms with E-state index in [1.807, 2.05) is 11.8 Å². The molecule has 0 radical (unpaired) electrons. The van der Waals surface area contributed by atoms with Crippen LogP contribution in [0.2, 0.25) is 0 Å². The van der Waals surface area contributed by atoms with Gasteiger partial charge in [0.1, 0.15) is 0 Å². The van der Waals surface area contributed by atoms with E-state index in [-0.39, 0.29) is 0 Å². The summed E-state index contributed by atoms with van der Waals surface area (Å²) in [5.74, 6) is 1.70. The van der Waals surface area contributed by atoms with Crippen molar-refractivity contribution in [2.75, 3.05) is 42.3 Å². The predicted octanol–water partition coefficient (Wildman–Crippen LogP) is 3.06. The second-order valence-electron chi connectivity index (χ2n) is 5.83. The van der Waals surface area contributed by atoms with Gasteiger partial charge in [-0.2, -0.15) is 0 Å². The maximum Gasteiger partial charge on any atom is 0.161 e. The van der Waals surface area contributed by atoms with Crippen molar-refractivity contribution in [3.8, 4) is 0 Å². The fourth-order valence-corrected chi connectivity index (χ4v) is 3.69. The van der Waals surface area contributed by atoms with Gasteiger partial charge < -0.3 is 15.0 Å². The number of amidine groups is 1. The molecule has 1 saturated heterocycles. The summed E-state index contributed by atoms with van der Waals surface area (Å²) in [5.41, 5.74) is 2.38. The molecule has 0 bridgehead atoms. The molecule has 4 nitrogen and oxygen atoms in total. The van der Waals surface area contributed by atoms with Gasteiger partial charge in [0.25, 0.3) is 0 Å². The zero-order valence-electron chi connectivity index (χ0n) is 12.7. The number of morpholine rings is 1. The second kappa shape index (κ2) is 6.71. The van der Waals surface area contributed by atoms with E-state index >= 15 is 0 Å². The molecule has 5 heteroatoms. The smallest absolute Gasteiger partial charge is 0.161 e. The molecule has 114 valence electrons. The number of hydrogen-bond donors (Lipinski definition) is 1. The van der Waals surface area contributed by atoms with E-state index < -0.39 is 0 Å². The van der Waals surface area contributed by atoms with Gasteiger partial charge in [0.2, 0.25) is 0 Å². The van der Waals surface area contributed by atoms with E-state index in [0.29, 0.717) is 12.0 Å². The van der Waals surface area contributed by atoms with Crippen LogP contribution in [0.25, 0.3) is 0 Å². The largest absolute Gasteiger partial charge is 0.378 e.